The van der Waals surface area contributed by atoms with Crippen molar-refractivity contribution in [1.29, 1.82) is 0 Å². The molecule has 2 aromatic rings. The lowest BCUT2D eigenvalue weighted by Gasteiger charge is -2.65. The number of carbonyl (C=O) groups is 3. The summed E-state index contributed by atoms with van der Waals surface area (Å²) in [6.45, 7) is 5.31. The molecule has 18 heteroatoms. The third kappa shape index (κ3) is 8.13. The summed E-state index contributed by atoms with van der Waals surface area (Å²) in [4.78, 5) is 48.8. The number of ether oxygens (including phenoxy) is 3. The highest BCUT2D eigenvalue weighted by atomic mass is 32.2. The molecule has 4 aliphatic carbocycles. The van der Waals surface area contributed by atoms with Crippen molar-refractivity contribution in [2.45, 2.75) is 146 Å². The number of nitrogens with two attached hydrogens (primary N) is 1. The number of aliphatic hydroxyl groups excluding tert-OH is 3. The van der Waals surface area contributed by atoms with E-state index in [-0.39, 0.29) is 66.4 Å². The van der Waals surface area contributed by atoms with Crippen LogP contribution in [0.4, 0.5) is 5.82 Å². The fraction of sp³-hybridized carbons (Fsp3) is 0.767. The Labute approximate surface area is 359 Å². The van der Waals surface area contributed by atoms with Gasteiger partial charge in [0.1, 0.15) is 31.2 Å². The van der Waals surface area contributed by atoms with Crippen LogP contribution < -0.4 is 11.1 Å². The van der Waals surface area contributed by atoms with Gasteiger partial charge in [-0.1, -0.05) is 20.3 Å². The second-order valence-corrected chi connectivity index (χ2v) is 20.0. The Morgan fingerprint density at radius 2 is 1.87 bits per heavy atom. The third-order valence-corrected chi connectivity index (χ3v) is 16.9. The number of hydrogen-bond donors (Lipinski definition) is 7. The van der Waals surface area contributed by atoms with E-state index in [0.717, 1.165) is 56.9 Å². The van der Waals surface area contributed by atoms with Crippen LogP contribution in [0.25, 0.3) is 11.2 Å². The number of carboxylic acid groups (broad SMARTS) is 1. The molecule has 0 bridgehead atoms. The van der Waals surface area contributed by atoms with Crippen LogP contribution in [-0.4, -0.2) is 130 Å². The minimum absolute atomic E-state index is 0.0178. The summed E-state index contributed by atoms with van der Waals surface area (Å²) in [5.41, 5.74) is 5.45. The Hall–Kier alpha value is -3.23. The Morgan fingerprint density at radius 1 is 1.05 bits per heavy atom. The Kier molecular flexibility index (Phi) is 12.9. The number of esters is 1. The number of amides is 1. The number of imidazole rings is 1. The van der Waals surface area contributed by atoms with E-state index in [1.165, 1.54) is 29.0 Å². The molecule has 8 rings (SSSR count). The lowest BCUT2D eigenvalue weighted by Crippen LogP contribution is -2.67. The molecule has 2 aromatic heterocycles. The molecule has 336 valence electrons. The van der Waals surface area contributed by atoms with Gasteiger partial charge in [-0.05, 0) is 111 Å². The lowest BCUT2D eigenvalue weighted by atomic mass is 9.42. The van der Waals surface area contributed by atoms with Crippen LogP contribution in [0.5, 0.6) is 0 Å². The highest BCUT2D eigenvalue weighted by Gasteiger charge is 2.70. The number of anilines is 1. The van der Waals surface area contributed by atoms with Crippen molar-refractivity contribution in [2.75, 3.05) is 30.0 Å². The van der Waals surface area contributed by atoms with E-state index in [0.29, 0.717) is 54.5 Å². The second kappa shape index (κ2) is 17.7. The first-order chi connectivity index (χ1) is 29.2. The largest absolute Gasteiger partial charge is 0.480 e. The molecule has 61 heavy (non-hydrogen) atoms. The smallest absolute Gasteiger partial charge is 0.331 e. The standard InChI is InChI=1S/C43H62N6O11S/c1-41-12-9-25(17-24(41)7-8-27-28(41)18-31(50)42(2)26(10-13-43(27,42)57)23-16-33(52)59-19-23)58-14-5-3-4-6-32(51)48-37-34-38(46-21-45-37)49(22-47-34)39-36(54)35(53)30(60-39)20-61-15-11-29(44)40(55)56/h16,21-22,24-31,35-36,39,50,53-54,57H,3-15,17-20,44H2,1-2H3,(H,55,56)(H,45,46,48,51)/t24-,25-,26-,27?,28+,29+,30-,31-,35-,36?,39?,41+,42+,43+/m1/s1. The van der Waals surface area contributed by atoms with Gasteiger partial charge in [-0.2, -0.15) is 11.8 Å². The molecule has 1 saturated heterocycles. The maximum absolute atomic E-state index is 13.0. The van der Waals surface area contributed by atoms with E-state index in [9.17, 15) is 34.8 Å². The molecule has 0 aromatic carbocycles. The number of fused-ring (bicyclic) bond motifs is 6. The van der Waals surface area contributed by atoms with Crippen LogP contribution in [-0.2, 0) is 28.6 Å². The van der Waals surface area contributed by atoms with E-state index in [1.807, 2.05) is 6.92 Å². The van der Waals surface area contributed by atoms with Crippen molar-refractivity contribution >= 4 is 46.6 Å². The number of cyclic esters (lactones) is 1. The second-order valence-electron chi connectivity index (χ2n) is 18.9. The molecule has 1 amide bonds. The normalized spacial score (nSPS) is 38.7. The number of unbranched alkanes of at least 4 members (excludes halogenated alkanes) is 2. The van der Waals surface area contributed by atoms with E-state index in [2.05, 4.69) is 27.2 Å². The summed E-state index contributed by atoms with van der Waals surface area (Å²) in [5.74, 6) is 0.130. The summed E-state index contributed by atoms with van der Waals surface area (Å²) in [6.07, 6.45) is 9.44. The van der Waals surface area contributed by atoms with Crippen LogP contribution >= 0.6 is 11.8 Å². The topological polar surface area (TPSA) is 262 Å². The highest BCUT2D eigenvalue weighted by Crippen LogP contribution is 2.70. The van der Waals surface area contributed by atoms with Crippen molar-refractivity contribution in [3.63, 3.8) is 0 Å². The van der Waals surface area contributed by atoms with Gasteiger partial charge in [0.25, 0.3) is 0 Å². The number of carboxylic acids is 1. The average Bonchev–Trinajstić information content (AvgIpc) is 4.00. The molecule has 6 aliphatic rings. The number of carbonyl (C=O) groups excluding carboxylic acids is 2. The molecule has 8 N–H and O–H groups in total. The number of hydrogen-bond acceptors (Lipinski definition) is 15. The predicted molar refractivity (Wildman–Crippen MR) is 223 cm³/mol. The molecule has 14 atom stereocenters. The lowest BCUT2D eigenvalue weighted by molar-refractivity contribution is -0.245. The van der Waals surface area contributed by atoms with Crippen molar-refractivity contribution in [2.24, 2.45) is 40.2 Å². The maximum atomic E-state index is 13.0. The first kappa shape index (κ1) is 44.4. The van der Waals surface area contributed by atoms with Crippen molar-refractivity contribution in [1.82, 2.24) is 19.5 Å². The summed E-state index contributed by atoms with van der Waals surface area (Å²) >= 11 is 1.38. The molecule has 0 spiro atoms. The van der Waals surface area contributed by atoms with Gasteiger partial charge in [-0.15, -0.1) is 0 Å². The van der Waals surface area contributed by atoms with Gasteiger partial charge in [0.15, 0.2) is 23.2 Å². The first-order valence-electron chi connectivity index (χ1n) is 22.1. The summed E-state index contributed by atoms with van der Waals surface area (Å²) in [6, 6.07) is -0.970. The number of aromatic nitrogens is 4. The predicted octanol–water partition coefficient (Wildman–Crippen LogP) is 3.09. The van der Waals surface area contributed by atoms with Crippen LogP contribution in [0, 0.1) is 34.5 Å². The fourth-order valence-corrected chi connectivity index (χ4v) is 13.4. The summed E-state index contributed by atoms with van der Waals surface area (Å²) < 4.78 is 19.2. The molecule has 0 radical (unpaired) electrons. The van der Waals surface area contributed by atoms with Crippen LogP contribution in [0.15, 0.2) is 24.3 Å². The van der Waals surface area contributed by atoms with E-state index >= 15 is 0 Å². The minimum atomic E-state index is -1.27. The van der Waals surface area contributed by atoms with E-state index in [4.69, 9.17) is 25.1 Å². The number of nitrogens with zero attached hydrogens (tertiary/aromatic N) is 4. The van der Waals surface area contributed by atoms with E-state index < -0.39 is 53.7 Å². The minimum Gasteiger partial charge on any atom is -0.480 e. The fourth-order valence-electron chi connectivity index (χ4n) is 12.3. The summed E-state index contributed by atoms with van der Waals surface area (Å²) in [5, 5.41) is 57.7. The van der Waals surface area contributed by atoms with Crippen molar-refractivity contribution in [3.05, 3.63) is 24.3 Å². The van der Waals surface area contributed by atoms with Crippen LogP contribution in [0.3, 0.4) is 0 Å². The van der Waals surface area contributed by atoms with Crippen molar-refractivity contribution < 1.29 is 54.1 Å². The number of thioether (sulfide) groups is 1. The quantitative estimate of drug-likeness (QED) is 0.0944. The number of rotatable bonds is 16. The Balaban J connectivity index is 0.768. The molecule has 4 saturated carbocycles. The zero-order chi connectivity index (χ0) is 43.3. The monoisotopic (exact) mass is 870 g/mol. The van der Waals surface area contributed by atoms with Gasteiger partial charge in [0.05, 0.1) is 30.2 Å². The molecule has 3 unspecified atom stereocenters. The molecule has 5 fully saturated rings. The first-order valence-corrected chi connectivity index (χ1v) is 23.3. The Bertz CT molecular complexity index is 1990. The Morgan fingerprint density at radius 3 is 2.64 bits per heavy atom. The van der Waals surface area contributed by atoms with Gasteiger partial charge in [0, 0.05) is 30.3 Å². The van der Waals surface area contributed by atoms with Gasteiger partial charge in [-0.25, -0.2) is 19.7 Å². The van der Waals surface area contributed by atoms with Gasteiger partial charge in [-0.3, -0.25) is 14.2 Å². The maximum Gasteiger partial charge on any atom is 0.331 e. The number of aliphatic carboxylic acids is 1. The van der Waals surface area contributed by atoms with Gasteiger partial charge < -0.3 is 50.8 Å². The third-order valence-electron chi connectivity index (χ3n) is 15.8. The van der Waals surface area contributed by atoms with Gasteiger partial charge >= 0.3 is 11.9 Å². The van der Waals surface area contributed by atoms with Crippen molar-refractivity contribution in [3.8, 4) is 0 Å². The number of nitrogens with one attached hydrogen (secondary N) is 1. The molecule has 2 aliphatic heterocycles. The SMILES string of the molecule is C[C@]12CC[C@@H](OCCCCCC(=O)Nc3ncnc4c3ncn4C3O[C@H](CSCC[C@H](N)C(=O)O)[C@@H](O)C3O)C[C@H]1CCC1[C@@H]2C[C@@H](O)[C@]2(C)[C@@H](C3=CC(=O)OC3)CC[C@]12O. The zero-order valence-electron chi connectivity index (χ0n) is 35.1. The highest BCUT2D eigenvalue weighted by molar-refractivity contribution is 7.99. The van der Waals surface area contributed by atoms with Gasteiger partial charge in [0.2, 0.25) is 5.91 Å². The van der Waals surface area contributed by atoms with Crippen LogP contribution in [0.2, 0.25) is 0 Å². The molecular formula is C43H62N6O11S. The average molecular weight is 871 g/mol. The molecular weight excluding hydrogens is 809 g/mol. The molecule has 4 heterocycles. The summed E-state index contributed by atoms with van der Waals surface area (Å²) in [7, 11) is 0. The molecule has 17 nitrogen and oxygen atoms in total. The number of aliphatic hydroxyl groups is 4. The van der Waals surface area contributed by atoms with Crippen LogP contribution in [0.1, 0.15) is 104 Å². The zero-order valence-corrected chi connectivity index (χ0v) is 35.9. The van der Waals surface area contributed by atoms with E-state index in [1.54, 1.807) is 6.08 Å².